The predicted octanol–water partition coefficient (Wildman–Crippen LogP) is 2.18. The van der Waals surface area contributed by atoms with Crippen LogP contribution in [0, 0.1) is 0 Å². The smallest absolute Gasteiger partial charge is 0.123 e. The molecule has 0 aromatic rings. The summed E-state index contributed by atoms with van der Waals surface area (Å²) in [6, 6.07) is 0. The maximum absolute atomic E-state index is 5.38. The molecule has 0 bridgehead atoms. The van der Waals surface area contributed by atoms with Gasteiger partial charge in [-0.25, -0.2) is 0 Å². The Hall–Kier alpha value is -0.980. The minimum Gasteiger partial charge on any atom is -0.494 e. The van der Waals surface area contributed by atoms with E-state index in [9.17, 15) is 0 Å². The topological polar surface area (TPSA) is 9.23 Å². The van der Waals surface area contributed by atoms with Gasteiger partial charge in [-0.2, -0.15) is 0 Å². The Labute approximate surface area is 60.7 Å². The van der Waals surface area contributed by atoms with E-state index >= 15 is 0 Å². The van der Waals surface area contributed by atoms with Crippen LogP contribution in [0.25, 0.3) is 0 Å². The van der Waals surface area contributed by atoms with E-state index < -0.39 is 0 Å². The Morgan fingerprint density at radius 1 is 1.40 bits per heavy atom. The fourth-order valence-corrected chi connectivity index (χ4v) is 1.33. The van der Waals surface area contributed by atoms with E-state index in [1.54, 1.807) is 6.26 Å². The molecular weight excluding hydrogens is 124 g/mol. The van der Waals surface area contributed by atoms with Crippen LogP contribution in [0.15, 0.2) is 36.1 Å². The number of rotatable bonds is 0. The highest BCUT2D eigenvalue weighted by molar-refractivity contribution is 5.26. The lowest BCUT2D eigenvalue weighted by molar-refractivity contribution is 0.166. The standard InChI is InChI=1S/C9H10O/c1-2-6-9-8(4-1)5-3-7-10-9/h1-4,7,9H,5-6H2. The Kier molecular flexibility index (Phi) is 1.35. The van der Waals surface area contributed by atoms with Crippen LogP contribution in [0.5, 0.6) is 0 Å². The van der Waals surface area contributed by atoms with E-state index in [4.69, 9.17) is 4.74 Å². The van der Waals surface area contributed by atoms with Crippen molar-refractivity contribution in [2.45, 2.75) is 18.9 Å². The summed E-state index contributed by atoms with van der Waals surface area (Å²) in [4.78, 5) is 0. The largest absolute Gasteiger partial charge is 0.494 e. The Bertz CT molecular complexity index is 211. The van der Waals surface area contributed by atoms with Crippen LogP contribution in [0.3, 0.4) is 0 Å². The molecule has 1 atom stereocenters. The van der Waals surface area contributed by atoms with Crippen molar-refractivity contribution in [3.63, 3.8) is 0 Å². The average Bonchev–Trinajstić information content (AvgIpc) is 2.05. The van der Waals surface area contributed by atoms with Gasteiger partial charge in [0.25, 0.3) is 0 Å². The van der Waals surface area contributed by atoms with Crippen LogP contribution in [0.4, 0.5) is 0 Å². The third-order valence-corrected chi connectivity index (χ3v) is 1.90. The van der Waals surface area contributed by atoms with Gasteiger partial charge in [0.2, 0.25) is 0 Å². The first-order valence-electron chi connectivity index (χ1n) is 3.63. The monoisotopic (exact) mass is 134 g/mol. The Morgan fingerprint density at radius 2 is 2.40 bits per heavy atom. The average molecular weight is 134 g/mol. The van der Waals surface area contributed by atoms with Crippen molar-refractivity contribution in [1.29, 1.82) is 0 Å². The zero-order valence-electron chi connectivity index (χ0n) is 5.79. The summed E-state index contributed by atoms with van der Waals surface area (Å²) in [5.41, 5.74) is 1.41. The van der Waals surface area contributed by atoms with Crippen LogP contribution in [-0.4, -0.2) is 6.10 Å². The molecule has 1 aliphatic heterocycles. The van der Waals surface area contributed by atoms with Crippen molar-refractivity contribution in [2.24, 2.45) is 0 Å². The first kappa shape index (κ1) is 5.78. The first-order valence-corrected chi connectivity index (χ1v) is 3.63. The summed E-state index contributed by atoms with van der Waals surface area (Å²) < 4.78 is 5.38. The zero-order valence-corrected chi connectivity index (χ0v) is 5.79. The number of allylic oxidation sites excluding steroid dienone is 3. The third-order valence-electron chi connectivity index (χ3n) is 1.90. The van der Waals surface area contributed by atoms with Crippen LogP contribution in [-0.2, 0) is 4.74 Å². The normalized spacial score (nSPS) is 28.8. The van der Waals surface area contributed by atoms with Crippen molar-refractivity contribution in [2.75, 3.05) is 0 Å². The van der Waals surface area contributed by atoms with E-state index in [1.807, 2.05) is 0 Å². The van der Waals surface area contributed by atoms with Gasteiger partial charge in [0.15, 0.2) is 0 Å². The second-order valence-electron chi connectivity index (χ2n) is 2.61. The summed E-state index contributed by atoms with van der Waals surface area (Å²) in [7, 11) is 0. The molecule has 0 radical (unpaired) electrons. The molecule has 1 unspecified atom stereocenters. The highest BCUT2D eigenvalue weighted by Gasteiger charge is 2.16. The quantitative estimate of drug-likeness (QED) is 0.493. The minimum absolute atomic E-state index is 0.343. The van der Waals surface area contributed by atoms with Crippen molar-refractivity contribution in [1.82, 2.24) is 0 Å². The van der Waals surface area contributed by atoms with Crippen molar-refractivity contribution in [3.8, 4) is 0 Å². The van der Waals surface area contributed by atoms with E-state index in [0.29, 0.717) is 6.10 Å². The first-order chi connectivity index (χ1) is 4.97. The SMILES string of the molecule is C1=CCC2OC=CCC2=C1. The maximum atomic E-state index is 5.38. The van der Waals surface area contributed by atoms with Crippen LogP contribution in [0.2, 0.25) is 0 Å². The summed E-state index contributed by atoms with van der Waals surface area (Å²) in [5, 5.41) is 0. The predicted molar refractivity (Wildman–Crippen MR) is 40.5 cm³/mol. The minimum atomic E-state index is 0.343. The fourth-order valence-electron chi connectivity index (χ4n) is 1.33. The number of hydrogen-bond donors (Lipinski definition) is 0. The zero-order chi connectivity index (χ0) is 6.81. The van der Waals surface area contributed by atoms with Gasteiger partial charge in [-0.05, 0) is 18.1 Å². The second kappa shape index (κ2) is 2.33. The molecule has 1 aliphatic carbocycles. The van der Waals surface area contributed by atoms with E-state index in [0.717, 1.165) is 12.8 Å². The number of fused-ring (bicyclic) bond motifs is 1. The maximum Gasteiger partial charge on any atom is 0.123 e. The lowest BCUT2D eigenvalue weighted by Gasteiger charge is -2.23. The second-order valence-corrected chi connectivity index (χ2v) is 2.61. The van der Waals surface area contributed by atoms with Crippen molar-refractivity contribution in [3.05, 3.63) is 36.1 Å². The summed E-state index contributed by atoms with van der Waals surface area (Å²) in [5.74, 6) is 0. The van der Waals surface area contributed by atoms with Crippen LogP contribution >= 0.6 is 0 Å². The molecule has 2 rings (SSSR count). The highest BCUT2D eigenvalue weighted by Crippen LogP contribution is 2.23. The van der Waals surface area contributed by atoms with Gasteiger partial charge in [0.1, 0.15) is 6.10 Å². The van der Waals surface area contributed by atoms with Gasteiger partial charge in [0, 0.05) is 6.42 Å². The number of hydrogen-bond acceptors (Lipinski definition) is 1. The van der Waals surface area contributed by atoms with Gasteiger partial charge in [0.05, 0.1) is 6.26 Å². The van der Waals surface area contributed by atoms with Gasteiger partial charge in [-0.15, -0.1) is 0 Å². The fraction of sp³-hybridized carbons (Fsp3) is 0.333. The molecule has 1 nitrogen and oxygen atoms in total. The van der Waals surface area contributed by atoms with Gasteiger partial charge in [-0.1, -0.05) is 18.2 Å². The molecule has 0 spiro atoms. The van der Waals surface area contributed by atoms with Gasteiger partial charge < -0.3 is 4.74 Å². The molecule has 0 aromatic heterocycles. The van der Waals surface area contributed by atoms with E-state index in [2.05, 4.69) is 24.3 Å². The summed E-state index contributed by atoms with van der Waals surface area (Å²) in [6.45, 7) is 0. The molecule has 52 valence electrons. The summed E-state index contributed by atoms with van der Waals surface area (Å²) >= 11 is 0. The summed E-state index contributed by atoms with van der Waals surface area (Å²) in [6.07, 6.45) is 12.7. The molecule has 2 aliphatic rings. The molecule has 10 heavy (non-hydrogen) atoms. The molecule has 0 aromatic carbocycles. The molecular formula is C9H10O. The molecule has 1 heterocycles. The lowest BCUT2D eigenvalue weighted by atomic mass is 9.97. The molecule has 0 saturated heterocycles. The van der Waals surface area contributed by atoms with Crippen molar-refractivity contribution >= 4 is 0 Å². The lowest BCUT2D eigenvalue weighted by Crippen LogP contribution is -2.16. The Balaban J connectivity index is 2.23. The third kappa shape index (κ3) is 0.878. The molecule has 0 amide bonds. The van der Waals surface area contributed by atoms with Gasteiger partial charge in [-0.3, -0.25) is 0 Å². The molecule has 1 heteroatoms. The molecule has 0 saturated carbocycles. The highest BCUT2D eigenvalue weighted by atomic mass is 16.5. The van der Waals surface area contributed by atoms with Gasteiger partial charge >= 0.3 is 0 Å². The van der Waals surface area contributed by atoms with Crippen LogP contribution in [0.1, 0.15) is 12.8 Å². The van der Waals surface area contributed by atoms with Crippen molar-refractivity contribution < 1.29 is 4.74 Å². The number of ether oxygens (including phenoxy) is 1. The van der Waals surface area contributed by atoms with Crippen LogP contribution < -0.4 is 0 Å². The molecule has 0 N–H and O–H groups in total. The van der Waals surface area contributed by atoms with E-state index in [1.165, 1.54) is 5.57 Å². The molecule has 0 fully saturated rings. The van der Waals surface area contributed by atoms with E-state index in [-0.39, 0.29) is 0 Å². The Morgan fingerprint density at radius 3 is 3.30 bits per heavy atom.